The van der Waals surface area contributed by atoms with Crippen molar-refractivity contribution >= 4 is 17.3 Å². The standard InChI is InChI=1S/C24H31N3O/c28-24(21-11-9-10-20(18-21)19-26-14-7-8-15-26)25-22-12-3-4-13-23(22)27-16-5-1-2-6-17-27/h3-4,9-13,18H,1-2,5-8,14-17,19H2,(H,25,28). The van der Waals surface area contributed by atoms with Crippen LogP contribution in [0, 0.1) is 0 Å². The lowest BCUT2D eigenvalue weighted by Gasteiger charge is -2.25. The Bertz CT molecular complexity index is 790. The second kappa shape index (κ2) is 9.24. The Balaban J connectivity index is 1.48. The third kappa shape index (κ3) is 4.74. The van der Waals surface area contributed by atoms with E-state index in [9.17, 15) is 4.79 Å². The first-order valence-electron chi connectivity index (χ1n) is 10.8. The summed E-state index contributed by atoms with van der Waals surface area (Å²) in [5.74, 6) is -0.0226. The van der Waals surface area contributed by atoms with E-state index in [-0.39, 0.29) is 5.91 Å². The van der Waals surface area contributed by atoms with Crippen molar-refractivity contribution in [2.24, 2.45) is 0 Å². The van der Waals surface area contributed by atoms with Gasteiger partial charge in [-0.25, -0.2) is 0 Å². The summed E-state index contributed by atoms with van der Waals surface area (Å²) in [5.41, 5.74) is 4.02. The third-order valence-corrected chi connectivity index (χ3v) is 5.89. The summed E-state index contributed by atoms with van der Waals surface area (Å²) in [6, 6.07) is 16.3. The van der Waals surface area contributed by atoms with E-state index in [4.69, 9.17) is 0 Å². The number of likely N-dealkylation sites (tertiary alicyclic amines) is 1. The van der Waals surface area contributed by atoms with Crippen LogP contribution in [-0.4, -0.2) is 37.0 Å². The maximum Gasteiger partial charge on any atom is 0.255 e. The van der Waals surface area contributed by atoms with Crippen LogP contribution in [-0.2, 0) is 6.54 Å². The van der Waals surface area contributed by atoms with E-state index in [0.29, 0.717) is 0 Å². The molecule has 28 heavy (non-hydrogen) atoms. The van der Waals surface area contributed by atoms with Crippen molar-refractivity contribution in [2.45, 2.75) is 45.1 Å². The fourth-order valence-electron chi connectivity index (χ4n) is 4.37. The number of hydrogen-bond acceptors (Lipinski definition) is 3. The van der Waals surface area contributed by atoms with E-state index in [1.807, 2.05) is 30.3 Å². The number of carbonyl (C=O) groups is 1. The van der Waals surface area contributed by atoms with Crippen LogP contribution in [0.5, 0.6) is 0 Å². The molecule has 0 aromatic heterocycles. The summed E-state index contributed by atoms with van der Waals surface area (Å²) in [5, 5.41) is 3.17. The topological polar surface area (TPSA) is 35.6 Å². The van der Waals surface area contributed by atoms with Gasteiger partial charge < -0.3 is 10.2 Å². The first-order chi connectivity index (χ1) is 13.8. The van der Waals surface area contributed by atoms with Crippen molar-refractivity contribution in [1.29, 1.82) is 0 Å². The molecule has 0 saturated carbocycles. The predicted octanol–water partition coefficient (Wildman–Crippen LogP) is 4.92. The van der Waals surface area contributed by atoms with Gasteiger partial charge in [0.15, 0.2) is 0 Å². The zero-order valence-corrected chi connectivity index (χ0v) is 16.7. The minimum Gasteiger partial charge on any atom is -0.370 e. The molecule has 2 aliphatic rings. The number of amides is 1. The predicted molar refractivity (Wildman–Crippen MR) is 116 cm³/mol. The molecule has 4 rings (SSSR count). The Labute approximate surface area is 168 Å². The number of para-hydroxylation sites is 2. The van der Waals surface area contributed by atoms with Gasteiger partial charge in [0.1, 0.15) is 0 Å². The van der Waals surface area contributed by atoms with Crippen LogP contribution in [0.1, 0.15) is 54.4 Å². The summed E-state index contributed by atoms with van der Waals surface area (Å²) in [4.78, 5) is 17.9. The summed E-state index contributed by atoms with van der Waals surface area (Å²) < 4.78 is 0. The lowest BCUT2D eigenvalue weighted by atomic mass is 10.1. The molecule has 2 saturated heterocycles. The van der Waals surface area contributed by atoms with E-state index in [1.54, 1.807) is 0 Å². The third-order valence-electron chi connectivity index (χ3n) is 5.89. The lowest BCUT2D eigenvalue weighted by molar-refractivity contribution is 0.102. The molecule has 4 heteroatoms. The van der Waals surface area contributed by atoms with Gasteiger partial charge in [0, 0.05) is 25.2 Å². The zero-order valence-electron chi connectivity index (χ0n) is 16.7. The molecule has 4 nitrogen and oxygen atoms in total. The highest BCUT2D eigenvalue weighted by molar-refractivity contribution is 6.06. The van der Waals surface area contributed by atoms with Crippen molar-refractivity contribution in [2.75, 3.05) is 36.4 Å². The fraction of sp³-hybridized carbons (Fsp3) is 0.458. The number of benzene rings is 2. The van der Waals surface area contributed by atoms with Gasteiger partial charge in [-0.2, -0.15) is 0 Å². The van der Waals surface area contributed by atoms with Crippen LogP contribution in [0.15, 0.2) is 48.5 Å². The molecule has 0 bridgehead atoms. The van der Waals surface area contributed by atoms with E-state index < -0.39 is 0 Å². The molecular weight excluding hydrogens is 346 g/mol. The van der Waals surface area contributed by atoms with Crippen molar-refractivity contribution in [3.63, 3.8) is 0 Å². The average Bonchev–Trinajstić information content (AvgIpc) is 3.08. The second-order valence-corrected chi connectivity index (χ2v) is 8.06. The van der Waals surface area contributed by atoms with Crippen LogP contribution in [0.3, 0.4) is 0 Å². The summed E-state index contributed by atoms with van der Waals surface area (Å²) in [7, 11) is 0. The minimum absolute atomic E-state index is 0.0226. The Hall–Kier alpha value is -2.33. The van der Waals surface area contributed by atoms with Gasteiger partial charge in [0.2, 0.25) is 0 Å². The smallest absolute Gasteiger partial charge is 0.255 e. The van der Waals surface area contributed by atoms with Gasteiger partial charge >= 0.3 is 0 Å². The number of carbonyl (C=O) groups excluding carboxylic acids is 1. The lowest BCUT2D eigenvalue weighted by Crippen LogP contribution is -2.25. The normalized spacial score (nSPS) is 18.1. The number of nitrogens with one attached hydrogen (secondary N) is 1. The van der Waals surface area contributed by atoms with Crippen LogP contribution < -0.4 is 10.2 Å². The summed E-state index contributed by atoms with van der Waals surface area (Å²) in [6.07, 6.45) is 7.62. The van der Waals surface area contributed by atoms with Crippen molar-refractivity contribution in [3.05, 3.63) is 59.7 Å². The Kier molecular flexibility index (Phi) is 6.27. The van der Waals surface area contributed by atoms with Crippen molar-refractivity contribution in [3.8, 4) is 0 Å². The molecule has 2 aromatic rings. The second-order valence-electron chi connectivity index (χ2n) is 8.06. The van der Waals surface area contributed by atoms with Gasteiger partial charge in [0.05, 0.1) is 11.4 Å². The number of rotatable bonds is 5. The highest BCUT2D eigenvalue weighted by atomic mass is 16.1. The molecule has 1 amide bonds. The molecule has 2 fully saturated rings. The Morgan fingerprint density at radius 2 is 1.54 bits per heavy atom. The first kappa shape index (κ1) is 19.0. The van der Waals surface area contributed by atoms with Gasteiger partial charge in [-0.15, -0.1) is 0 Å². The molecule has 1 N–H and O–H groups in total. The maximum atomic E-state index is 13.0. The van der Waals surface area contributed by atoms with Crippen LogP contribution in [0.25, 0.3) is 0 Å². The van der Waals surface area contributed by atoms with E-state index in [2.05, 4.69) is 33.3 Å². The van der Waals surface area contributed by atoms with Gasteiger partial charge in [-0.3, -0.25) is 9.69 Å². The fourth-order valence-corrected chi connectivity index (χ4v) is 4.37. The quantitative estimate of drug-likeness (QED) is 0.804. The molecule has 0 atom stereocenters. The summed E-state index contributed by atoms with van der Waals surface area (Å²) in [6.45, 7) is 5.40. The number of hydrogen-bond donors (Lipinski definition) is 1. The van der Waals surface area contributed by atoms with Crippen molar-refractivity contribution < 1.29 is 4.79 Å². The zero-order chi connectivity index (χ0) is 19.2. The van der Waals surface area contributed by atoms with E-state index in [0.717, 1.165) is 36.6 Å². The Morgan fingerprint density at radius 3 is 2.32 bits per heavy atom. The molecule has 2 aliphatic heterocycles. The summed E-state index contributed by atoms with van der Waals surface area (Å²) >= 11 is 0. The molecule has 148 valence electrons. The van der Waals surface area contributed by atoms with Crippen molar-refractivity contribution in [1.82, 2.24) is 4.90 Å². The number of nitrogens with zero attached hydrogens (tertiary/aromatic N) is 2. The molecule has 2 heterocycles. The molecule has 0 radical (unpaired) electrons. The molecule has 2 aromatic carbocycles. The van der Waals surface area contributed by atoms with Crippen LogP contribution in [0.4, 0.5) is 11.4 Å². The molecule has 0 unspecified atom stereocenters. The van der Waals surface area contributed by atoms with Gasteiger partial charge in [-0.1, -0.05) is 37.1 Å². The van der Waals surface area contributed by atoms with Gasteiger partial charge in [0.25, 0.3) is 5.91 Å². The van der Waals surface area contributed by atoms with Crippen LogP contribution in [0.2, 0.25) is 0 Å². The van der Waals surface area contributed by atoms with E-state index in [1.165, 1.54) is 57.2 Å². The highest BCUT2D eigenvalue weighted by Gasteiger charge is 2.16. The van der Waals surface area contributed by atoms with Gasteiger partial charge in [-0.05, 0) is 68.6 Å². The highest BCUT2D eigenvalue weighted by Crippen LogP contribution is 2.28. The SMILES string of the molecule is O=C(Nc1ccccc1N1CCCCCC1)c1cccc(CN2CCCC2)c1. The average molecular weight is 378 g/mol. The molecule has 0 spiro atoms. The van der Waals surface area contributed by atoms with Crippen LogP contribution >= 0.6 is 0 Å². The first-order valence-corrected chi connectivity index (χ1v) is 10.8. The number of anilines is 2. The molecule has 0 aliphatic carbocycles. The minimum atomic E-state index is -0.0226. The maximum absolute atomic E-state index is 13.0. The Morgan fingerprint density at radius 1 is 0.821 bits per heavy atom. The largest absolute Gasteiger partial charge is 0.370 e. The van der Waals surface area contributed by atoms with E-state index >= 15 is 0 Å². The monoisotopic (exact) mass is 377 g/mol. The molecular formula is C24H31N3O.